The van der Waals surface area contributed by atoms with Gasteiger partial charge in [0, 0.05) is 25.5 Å². The van der Waals surface area contributed by atoms with Crippen molar-refractivity contribution >= 4 is 6.03 Å². The fraction of sp³-hybridized carbons (Fsp3) is 0.231. The van der Waals surface area contributed by atoms with Crippen molar-refractivity contribution in [3.8, 4) is 5.75 Å². The number of amides is 1. The van der Waals surface area contributed by atoms with Crippen molar-refractivity contribution in [2.75, 3.05) is 20.2 Å². The van der Waals surface area contributed by atoms with Gasteiger partial charge in [0.05, 0.1) is 6.54 Å². The molecule has 2 aromatic rings. The maximum atomic E-state index is 12.9. The van der Waals surface area contributed by atoms with Crippen LogP contribution in [-0.4, -0.2) is 40.7 Å². The molecule has 0 N–H and O–H groups in total. The van der Waals surface area contributed by atoms with Crippen LogP contribution in [0.4, 0.5) is 9.18 Å². The van der Waals surface area contributed by atoms with Gasteiger partial charge in [-0.25, -0.2) is 14.2 Å². The second kappa shape index (κ2) is 5.99. The lowest BCUT2D eigenvalue weighted by Gasteiger charge is -2.17. The summed E-state index contributed by atoms with van der Waals surface area (Å²) in [4.78, 5) is 17.1. The van der Waals surface area contributed by atoms with Crippen molar-refractivity contribution in [1.82, 2.24) is 14.5 Å². The Balaban J connectivity index is 1.81. The van der Waals surface area contributed by atoms with Crippen molar-refractivity contribution in [3.05, 3.63) is 48.8 Å². The minimum Gasteiger partial charge on any atom is -0.492 e. The van der Waals surface area contributed by atoms with Crippen molar-refractivity contribution < 1.29 is 13.9 Å². The number of benzene rings is 1. The largest absolute Gasteiger partial charge is 0.492 e. The lowest BCUT2D eigenvalue weighted by Crippen LogP contribution is -2.33. The molecule has 0 saturated carbocycles. The summed E-state index contributed by atoms with van der Waals surface area (Å²) in [6.07, 6.45) is 4.55. The summed E-state index contributed by atoms with van der Waals surface area (Å²) in [6, 6.07) is 5.70. The van der Waals surface area contributed by atoms with Crippen LogP contribution in [0.15, 0.2) is 43.0 Å². The van der Waals surface area contributed by atoms with E-state index < -0.39 is 0 Å². The molecule has 0 fully saturated rings. The fourth-order valence-corrected chi connectivity index (χ4v) is 1.52. The first-order valence-corrected chi connectivity index (χ1v) is 5.78. The summed E-state index contributed by atoms with van der Waals surface area (Å²) in [5, 5.41) is 0. The van der Waals surface area contributed by atoms with Crippen LogP contribution in [0.5, 0.6) is 5.75 Å². The van der Waals surface area contributed by atoms with E-state index in [1.807, 2.05) is 0 Å². The van der Waals surface area contributed by atoms with E-state index in [0.717, 1.165) is 0 Å². The molecule has 0 aliphatic carbocycles. The van der Waals surface area contributed by atoms with Crippen LogP contribution >= 0.6 is 0 Å². The normalized spacial score (nSPS) is 10.2. The molecule has 0 saturated heterocycles. The highest BCUT2D eigenvalue weighted by atomic mass is 19.1. The van der Waals surface area contributed by atoms with Crippen molar-refractivity contribution in [2.45, 2.75) is 0 Å². The minimum absolute atomic E-state index is 0.194. The molecule has 6 heteroatoms. The number of carbonyl (C=O) groups is 1. The molecular weight excluding hydrogens is 249 g/mol. The zero-order chi connectivity index (χ0) is 13.7. The van der Waals surface area contributed by atoms with E-state index >= 15 is 0 Å². The number of nitrogens with zero attached hydrogens (tertiary/aromatic N) is 3. The maximum Gasteiger partial charge on any atom is 0.329 e. The lowest BCUT2D eigenvalue weighted by atomic mass is 10.3. The molecule has 1 aromatic heterocycles. The number of aromatic nitrogens is 2. The van der Waals surface area contributed by atoms with Crippen LogP contribution in [0.1, 0.15) is 0 Å². The highest BCUT2D eigenvalue weighted by Gasteiger charge is 2.10. The van der Waals surface area contributed by atoms with Crippen LogP contribution < -0.4 is 4.74 Å². The predicted molar refractivity (Wildman–Crippen MR) is 67.5 cm³/mol. The van der Waals surface area contributed by atoms with Gasteiger partial charge in [0.2, 0.25) is 0 Å². The molecule has 19 heavy (non-hydrogen) atoms. The fourth-order valence-electron chi connectivity index (χ4n) is 1.52. The van der Waals surface area contributed by atoms with E-state index in [4.69, 9.17) is 4.74 Å². The number of hydrogen-bond donors (Lipinski definition) is 0. The van der Waals surface area contributed by atoms with Gasteiger partial charge >= 0.3 is 6.03 Å². The van der Waals surface area contributed by atoms with Crippen molar-refractivity contribution in [2.24, 2.45) is 0 Å². The summed E-state index contributed by atoms with van der Waals surface area (Å²) in [6.45, 7) is 0.688. The van der Waals surface area contributed by atoms with Crippen LogP contribution in [-0.2, 0) is 0 Å². The molecule has 0 radical (unpaired) electrons. The third kappa shape index (κ3) is 3.54. The summed E-state index contributed by atoms with van der Waals surface area (Å²) in [5.41, 5.74) is 0. The number of halogens is 1. The third-order valence-corrected chi connectivity index (χ3v) is 2.54. The van der Waals surface area contributed by atoms with E-state index in [0.29, 0.717) is 18.9 Å². The van der Waals surface area contributed by atoms with E-state index in [1.165, 1.54) is 34.1 Å². The Bertz CT molecular complexity index is 543. The van der Waals surface area contributed by atoms with Gasteiger partial charge in [0.25, 0.3) is 0 Å². The second-order valence-corrected chi connectivity index (χ2v) is 3.98. The molecule has 1 heterocycles. The number of carbonyl (C=O) groups excluding carboxylic acids is 1. The SMILES string of the molecule is CN(CCOc1cccc(F)c1)C(=O)n1ccnc1. The van der Waals surface area contributed by atoms with Crippen molar-refractivity contribution in [1.29, 1.82) is 0 Å². The number of likely N-dealkylation sites (N-methyl/N-ethyl adjacent to an activating group) is 1. The number of ether oxygens (including phenoxy) is 1. The van der Waals surface area contributed by atoms with Crippen LogP contribution in [0.3, 0.4) is 0 Å². The summed E-state index contributed by atoms with van der Waals surface area (Å²) in [7, 11) is 1.66. The smallest absolute Gasteiger partial charge is 0.329 e. The average Bonchev–Trinajstić information content (AvgIpc) is 2.91. The molecule has 0 spiro atoms. The van der Waals surface area contributed by atoms with Gasteiger partial charge in [-0.1, -0.05) is 6.07 Å². The summed E-state index contributed by atoms with van der Waals surface area (Å²) in [5.74, 6) is 0.101. The number of imidazole rings is 1. The first-order valence-electron chi connectivity index (χ1n) is 5.78. The van der Waals surface area contributed by atoms with E-state index in [-0.39, 0.29) is 11.8 Å². The Kier molecular flexibility index (Phi) is 4.12. The molecule has 0 unspecified atom stereocenters. The van der Waals surface area contributed by atoms with Gasteiger partial charge in [0.1, 0.15) is 24.5 Å². The topological polar surface area (TPSA) is 47.4 Å². The van der Waals surface area contributed by atoms with Gasteiger partial charge < -0.3 is 9.64 Å². The Hall–Kier alpha value is -2.37. The summed E-state index contributed by atoms with van der Waals surface area (Å²) >= 11 is 0. The Labute approximate surface area is 110 Å². The van der Waals surface area contributed by atoms with Crippen LogP contribution in [0.2, 0.25) is 0 Å². The lowest BCUT2D eigenvalue weighted by molar-refractivity contribution is 0.197. The van der Waals surface area contributed by atoms with Gasteiger partial charge in [-0.15, -0.1) is 0 Å². The first-order chi connectivity index (χ1) is 9.16. The van der Waals surface area contributed by atoms with E-state index in [9.17, 15) is 9.18 Å². The Morgan fingerprint density at radius 1 is 1.53 bits per heavy atom. The standard InChI is InChI=1S/C13H14FN3O2/c1-16(13(18)17-6-5-15-10-17)7-8-19-12-4-2-3-11(14)9-12/h2-6,9-10H,7-8H2,1H3. The number of rotatable bonds is 4. The minimum atomic E-state index is -0.347. The van der Waals surface area contributed by atoms with E-state index in [1.54, 1.807) is 25.4 Å². The third-order valence-electron chi connectivity index (χ3n) is 2.54. The maximum absolute atomic E-state index is 12.9. The molecule has 1 aromatic carbocycles. The Morgan fingerprint density at radius 2 is 2.37 bits per heavy atom. The summed E-state index contributed by atoms with van der Waals surface area (Å²) < 4.78 is 19.7. The average molecular weight is 263 g/mol. The molecule has 0 aliphatic heterocycles. The molecule has 0 atom stereocenters. The molecule has 100 valence electrons. The highest BCUT2D eigenvalue weighted by molar-refractivity contribution is 5.76. The zero-order valence-corrected chi connectivity index (χ0v) is 10.5. The van der Waals surface area contributed by atoms with Gasteiger partial charge in [-0.2, -0.15) is 0 Å². The quantitative estimate of drug-likeness (QED) is 0.847. The van der Waals surface area contributed by atoms with Crippen LogP contribution in [0.25, 0.3) is 0 Å². The van der Waals surface area contributed by atoms with Crippen LogP contribution in [0, 0.1) is 5.82 Å². The van der Waals surface area contributed by atoms with Gasteiger partial charge in [-0.3, -0.25) is 4.57 Å². The second-order valence-electron chi connectivity index (χ2n) is 3.98. The van der Waals surface area contributed by atoms with Gasteiger partial charge in [0.15, 0.2) is 0 Å². The van der Waals surface area contributed by atoms with Crippen molar-refractivity contribution in [3.63, 3.8) is 0 Å². The first kappa shape index (κ1) is 13.1. The Morgan fingerprint density at radius 3 is 3.05 bits per heavy atom. The molecule has 0 aliphatic rings. The molecule has 1 amide bonds. The highest BCUT2D eigenvalue weighted by Crippen LogP contribution is 2.11. The number of hydrogen-bond acceptors (Lipinski definition) is 3. The zero-order valence-electron chi connectivity index (χ0n) is 10.5. The predicted octanol–water partition coefficient (Wildman–Crippen LogP) is 2.00. The van der Waals surface area contributed by atoms with E-state index in [2.05, 4.69) is 4.98 Å². The monoisotopic (exact) mass is 263 g/mol. The molecule has 2 rings (SSSR count). The molecule has 5 nitrogen and oxygen atoms in total. The molecular formula is C13H14FN3O2. The molecule has 0 bridgehead atoms. The van der Waals surface area contributed by atoms with Gasteiger partial charge in [-0.05, 0) is 12.1 Å².